The molecule has 0 aliphatic heterocycles. The van der Waals surface area contributed by atoms with Crippen molar-refractivity contribution in [3.63, 3.8) is 0 Å². The van der Waals surface area contributed by atoms with Crippen LogP contribution >= 0.6 is 0 Å². The summed E-state index contributed by atoms with van der Waals surface area (Å²) in [6.07, 6.45) is 0. The summed E-state index contributed by atoms with van der Waals surface area (Å²) in [5.41, 5.74) is 24.0. The van der Waals surface area contributed by atoms with Gasteiger partial charge in [-0.1, -0.05) is 249 Å². The fourth-order valence-corrected chi connectivity index (χ4v) is 12.7. The van der Waals surface area contributed by atoms with E-state index < -0.39 is 5.41 Å². The molecule has 0 saturated heterocycles. The van der Waals surface area contributed by atoms with E-state index in [1.165, 1.54) is 83.1 Å². The first-order valence-electron chi connectivity index (χ1n) is 27.2. The maximum absolute atomic E-state index is 6.32. The lowest BCUT2D eigenvalue weighted by molar-refractivity contribution is 0.669. The third-order valence-corrected chi connectivity index (χ3v) is 16.4. The van der Waals surface area contributed by atoms with E-state index in [9.17, 15) is 0 Å². The summed E-state index contributed by atoms with van der Waals surface area (Å²) in [5, 5.41) is 4.76. The average Bonchev–Trinajstić information content (AvgIpc) is 3.63. The largest absolute Gasteiger partial charge is 0.456 e. The number of benzene rings is 13. The second-order valence-corrected chi connectivity index (χ2v) is 20.7. The first-order chi connectivity index (χ1) is 39.2. The fourth-order valence-electron chi connectivity index (χ4n) is 12.7. The minimum atomic E-state index is -0.470. The molecular weight excluding hydrogens is 955 g/mol. The summed E-state index contributed by atoms with van der Waals surface area (Å²) in [4.78, 5) is 2.37. The number of hydrogen-bond donors (Lipinski definition) is 0. The van der Waals surface area contributed by atoms with Crippen molar-refractivity contribution in [1.82, 2.24) is 0 Å². The summed E-state index contributed by atoms with van der Waals surface area (Å²) in [6, 6.07) is 113. The van der Waals surface area contributed by atoms with Crippen LogP contribution in [0.25, 0.3) is 99.5 Å². The molecule has 0 atom stereocenters. The number of fused-ring (bicyclic) bond motifs is 7. The van der Waals surface area contributed by atoms with Crippen molar-refractivity contribution in [2.24, 2.45) is 0 Å². The Morgan fingerprint density at radius 3 is 1.39 bits per heavy atom. The number of furan rings is 1. The maximum atomic E-state index is 6.32. The number of rotatable bonds is 10. The van der Waals surface area contributed by atoms with E-state index in [0.717, 1.165) is 55.7 Å². The third-order valence-electron chi connectivity index (χ3n) is 16.4. The molecule has 0 bridgehead atoms. The summed E-state index contributed by atoms with van der Waals surface area (Å²) in [7, 11) is 0. The lowest BCUT2D eigenvalue weighted by Crippen LogP contribution is -2.28. The summed E-state index contributed by atoms with van der Waals surface area (Å²) < 4.78 is 6.32. The first kappa shape index (κ1) is 46.1. The molecule has 13 aromatic carbocycles. The first-order valence-corrected chi connectivity index (χ1v) is 27.2. The minimum absolute atomic E-state index is 0.470. The molecule has 0 N–H and O–H groups in total. The SMILES string of the molecule is c1ccc(C2(c3ccccc3)c3ccccc3-c3c(-c4ccc(N(c5ccc(-c6ccc(-c7cccc(-c8ccc9ccccc9c8)c7)cc6)cc5)c5ccc(-c6cccc7oc8ccccc8c67)cc5)cc4)cccc32)cc1. The molecule has 2 nitrogen and oxygen atoms in total. The zero-order valence-electron chi connectivity index (χ0n) is 43.3. The third kappa shape index (κ3) is 7.79. The van der Waals surface area contributed by atoms with Crippen molar-refractivity contribution in [2.75, 3.05) is 4.90 Å². The summed E-state index contributed by atoms with van der Waals surface area (Å²) in [5.74, 6) is 0. The molecule has 0 radical (unpaired) electrons. The molecule has 370 valence electrons. The topological polar surface area (TPSA) is 16.4 Å². The Balaban J connectivity index is 0.795. The second kappa shape index (κ2) is 19.1. The highest BCUT2D eigenvalue weighted by molar-refractivity contribution is 6.12. The Hall–Kier alpha value is -10.3. The van der Waals surface area contributed by atoms with Gasteiger partial charge < -0.3 is 9.32 Å². The number of anilines is 3. The highest BCUT2D eigenvalue weighted by Gasteiger charge is 2.46. The molecule has 15 rings (SSSR count). The Morgan fingerprint density at radius 1 is 0.266 bits per heavy atom. The van der Waals surface area contributed by atoms with Gasteiger partial charge in [-0.15, -0.1) is 0 Å². The highest BCUT2D eigenvalue weighted by atomic mass is 16.3. The molecule has 1 aromatic heterocycles. The Kier molecular flexibility index (Phi) is 11.1. The van der Waals surface area contributed by atoms with Gasteiger partial charge in [0.1, 0.15) is 11.2 Å². The number of para-hydroxylation sites is 1. The van der Waals surface area contributed by atoms with Gasteiger partial charge in [-0.3, -0.25) is 0 Å². The van der Waals surface area contributed by atoms with E-state index in [0.29, 0.717) is 0 Å². The van der Waals surface area contributed by atoms with Crippen LogP contribution in [0, 0.1) is 0 Å². The van der Waals surface area contributed by atoms with Crippen molar-refractivity contribution in [1.29, 1.82) is 0 Å². The van der Waals surface area contributed by atoms with Gasteiger partial charge in [0, 0.05) is 27.8 Å². The molecule has 0 amide bonds. The quantitative estimate of drug-likeness (QED) is 0.136. The molecule has 79 heavy (non-hydrogen) atoms. The van der Waals surface area contributed by atoms with Crippen molar-refractivity contribution in [2.45, 2.75) is 5.41 Å². The molecule has 0 spiro atoms. The standard InChI is InChI=1S/C77H51NO/c1-3-20-62(21-4-1)77(63-22-5-2-6-23-63)71-28-11-9-24-69(71)75-67(26-14-29-72(75)77)56-40-46-65(47-41-56)78(66-48-42-57(43-49-66)68-27-15-31-74-76(68)70-25-10-12-30-73(70)79-74)64-44-38-54(39-45-64)53-32-34-55(35-33-53)59-18-13-19-60(50-59)61-37-36-52-16-7-8-17-58(52)51-61/h1-51H. The van der Waals surface area contributed by atoms with Crippen LogP contribution in [0.1, 0.15) is 22.3 Å². The van der Waals surface area contributed by atoms with Crippen LogP contribution in [-0.2, 0) is 5.41 Å². The predicted octanol–water partition coefficient (Wildman–Crippen LogP) is 20.9. The van der Waals surface area contributed by atoms with Crippen LogP contribution in [0.5, 0.6) is 0 Å². The molecule has 1 aliphatic rings. The second-order valence-electron chi connectivity index (χ2n) is 20.7. The van der Waals surface area contributed by atoms with Crippen molar-refractivity contribution >= 4 is 49.8 Å². The smallest absolute Gasteiger partial charge is 0.136 e. The molecule has 0 saturated carbocycles. The van der Waals surface area contributed by atoms with Crippen molar-refractivity contribution in [3.05, 3.63) is 332 Å². The van der Waals surface area contributed by atoms with E-state index >= 15 is 0 Å². The van der Waals surface area contributed by atoms with Crippen LogP contribution in [-0.4, -0.2) is 0 Å². The van der Waals surface area contributed by atoms with E-state index in [-0.39, 0.29) is 0 Å². The normalized spacial score (nSPS) is 12.4. The van der Waals surface area contributed by atoms with Crippen LogP contribution < -0.4 is 4.90 Å². The lowest BCUT2D eigenvalue weighted by Gasteiger charge is -2.34. The van der Waals surface area contributed by atoms with Gasteiger partial charge in [0.15, 0.2) is 0 Å². The van der Waals surface area contributed by atoms with Crippen molar-refractivity contribution in [3.8, 4) is 66.8 Å². The molecule has 1 heterocycles. The monoisotopic (exact) mass is 1010 g/mol. The Labute approximate surface area is 460 Å². The molecule has 2 heteroatoms. The van der Waals surface area contributed by atoms with Crippen LogP contribution in [0.2, 0.25) is 0 Å². The maximum Gasteiger partial charge on any atom is 0.136 e. The van der Waals surface area contributed by atoms with E-state index in [2.05, 4.69) is 302 Å². The van der Waals surface area contributed by atoms with Gasteiger partial charge in [0.25, 0.3) is 0 Å². The van der Waals surface area contributed by atoms with Crippen LogP contribution in [0.4, 0.5) is 17.1 Å². The van der Waals surface area contributed by atoms with Gasteiger partial charge in [0.2, 0.25) is 0 Å². The molecule has 14 aromatic rings. The van der Waals surface area contributed by atoms with Gasteiger partial charge in [-0.2, -0.15) is 0 Å². The minimum Gasteiger partial charge on any atom is -0.456 e. The number of hydrogen-bond acceptors (Lipinski definition) is 2. The van der Waals surface area contributed by atoms with E-state index in [1.54, 1.807) is 0 Å². The molecule has 0 fully saturated rings. The Morgan fingerprint density at radius 2 is 0.709 bits per heavy atom. The van der Waals surface area contributed by atoms with Crippen LogP contribution in [0.3, 0.4) is 0 Å². The van der Waals surface area contributed by atoms with Gasteiger partial charge in [-0.25, -0.2) is 0 Å². The van der Waals surface area contributed by atoms with Gasteiger partial charge in [0.05, 0.1) is 5.41 Å². The molecule has 1 aliphatic carbocycles. The average molecular weight is 1010 g/mol. The molecule has 0 unspecified atom stereocenters. The van der Waals surface area contributed by atoms with Crippen LogP contribution in [0.15, 0.2) is 314 Å². The zero-order valence-corrected chi connectivity index (χ0v) is 43.3. The predicted molar refractivity (Wildman–Crippen MR) is 330 cm³/mol. The molecular formula is C77H51NO. The van der Waals surface area contributed by atoms with E-state index in [1.807, 2.05) is 12.1 Å². The zero-order chi connectivity index (χ0) is 52.3. The summed E-state index contributed by atoms with van der Waals surface area (Å²) in [6.45, 7) is 0. The fraction of sp³-hybridized carbons (Fsp3) is 0.0130. The van der Waals surface area contributed by atoms with Gasteiger partial charge in [-0.05, 0) is 160 Å². The highest BCUT2D eigenvalue weighted by Crippen LogP contribution is 2.58. The summed E-state index contributed by atoms with van der Waals surface area (Å²) >= 11 is 0. The lowest BCUT2D eigenvalue weighted by atomic mass is 9.67. The van der Waals surface area contributed by atoms with Gasteiger partial charge >= 0.3 is 0 Å². The number of nitrogens with zero attached hydrogens (tertiary/aromatic N) is 1. The Bertz CT molecular complexity index is 4520. The van der Waals surface area contributed by atoms with E-state index in [4.69, 9.17) is 4.42 Å². The van der Waals surface area contributed by atoms with Crippen molar-refractivity contribution < 1.29 is 4.42 Å².